The predicted octanol–water partition coefficient (Wildman–Crippen LogP) is 10.9. The van der Waals surface area contributed by atoms with Crippen LogP contribution in [0.4, 0.5) is 34.1 Å². The molecule has 0 saturated carbocycles. The van der Waals surface area contributed by atoms with Crippen molar-refractivity contribution in [3.8, 4) is 0 Å². The van der Waals surface area contributed by atoms with E-state index in [2.05, 4.69) is 169 Å². The minimum absolute atomic E-state index is 1.16. The number of aryl methyl sites for hydroxylation is 2. The van der Waals surface area contributed by atoms with E-state index >= 15 is 0 Å². The fourth-order valence-corrected chi connectivity index (χ4v) is 6.65. The van der Waals surface area contributed by atoms with Crippen molar-refractivity contribution in [3.05, 3.63) is 179 Å². The van der Waals surface area contributed by atoms with E-state index in [0.29, 0.717) is 0 Å². The van der Waals surface area contributed by atoms with Gasteiger partial charge in [0.15, 0.2) is 0 Å². The van der Waals surface area contributed by atoms with E-state index in [1.165, 1.54) is 67.3 Å². The molecule has 8 rings (SSSR count). The molecule has 0 aliphatic carbocycles. The van der Waals surface area contributed by atoms with Gasteiger partial charge >= 0.3 is 0 Å². The van der Waals surface area contributed by atoms with Crippen LogP contribution >= 0.6 is 0 Å². The van der Waals surface area contributed by atoms with Crippen LogP contribution in [0.1, 0.15) is 33.4 Å². The molecule has 2 aliphatic rings. The van der Waals surface area contributed by atoms with Gasteiger partial charge in [0.1, 0.15) is 0 Å². The van der Waals surface area contributed by atoms with E-state index in [1.54, 1.807) is 0 Å². The summed E-state index contributed by atoms with van der Waals surface area (Å²) in [4.78, 5) is 4.83. The summed E-state index contributed by atoms with van der Waals surface area (Å²) < 4.78 is 0. The van der Waals surface area contributed by atoms with Crippen molar-refractivity contribution in [2.75, 3.05) is 9.80 Å². The molecule has 0 radical (unpaired) electrons. The first-order valence-corrected chi connectivity index (χ1v) is 14.5. The Morgan fingerprint density at radius 3 is 1.12 bits per heavy atom. The van der Waals surface area contributed by atoms with Crippen molar-refractivity contribution in [1.82, 2.24) is 0 Å². The predicted molar refractivity (Wildman–Crippen MR) is 177 cm³/mol. The van der Waals surface area contributed by atoms with Crippen LogP contribution in [0.25, 0.3) is 11.1 Å². The summed E-state index contributed by atoms with van der Waals surface area (Å²) in [5.74, 6) is 0. The van der Waals surface area contributed by atoms with Crippen LogP contribution in [0, 0.1) is 13.8 Å². The SMILES string of the molecule is Cc1ccc2c(c1)/C(=C1\c3ccccc3N(c3ccccc3)c3ccc(C)cc31)c1ccccc1N2c1ccccc1. The molecule has 0 spiro atoms. The Hall–Kier alpha value is -5.34. The third-order valence-corrected chi connectivity index (χ3v) is 8.43. The maximum atomic E-state index is 2.41. The largest absolute Gasteiger partial charge is 0.309 e. The lowest BCUT2D eigenvalue weighted by atomic mass is 9.78. The van der Waals surface area contributed by atoms with Gasteiger partial charge in [0.25, 0.3) is 0 Å². The van der Waals surface area contributed by atoms with E-state index in [0.717, 1.165) is 11.4 Å². The monoisotopic (exact) mass is 538 g/mol. The molecule has 0 aromatic heterocycles. The highest BCUT2D eigenvalue weighted by Crippen LogP contribution is 2.56. The summed E-state index contributed by atoms with van der Waals surface area (Å²) in [6, 6.07) is 53.0. The van der Waals surface area contributed by atoms with Gasteiger partial charge in [-0.3, -0.25) is 0 Å². The Bertz CT molecular complexity index is 1860. The average molecular weight is 539 g/mol. The van der Waals surface area contributed by atoms with Gasteiger partial charge in [-0.15, -0.1) is 0 Å². The fourth-order valence-electron chi connectivity index (χ4n) is 6.65. The van der Waals surface area contributed by atoms with Crippen LogP contribution in [-0.2, 0) is 0 Å². The first-order valence-electron chi connectivity index (χ1n) is 14.5. The van der Waals surface area contributed by atoms with Gasteiger partial charge in [-0.05, 0) is 74.5 Å². The third kappa shape index (κ3) is 3.73. The van der Waals surface area contributed by atoms with Crippen molar-refractivity contribution >= 4 is 45.3 Å². The lowest BCUT2D eigenvalue weighted by molar-refractivity contribution is 1.21. The smallest absolute Gasteiger partial charge is 0.0540 e. The number of hydrogen-bond acceptors (Lipinski definition) is 2. The molecule has 2 heteroatoms. The fraction of sp³-hybridized carbons (Fsp3) is 0.0500. The zero-order chi connectivity index (χ0) is 28.2. The van der Waals surface area contributed by atoms with Crippen molar-refractivity contribution in [2.24, 2.45) is 0 Å². The topological polar surface area (TPSA) is 6.48 Å². The molecule has 0 atom stereocenters. The highest BCUT2D eigenvalue weighted by molar-refractivity contribution is 6.17. The molecule has 2 heterocycles. The molecule has 0 amide bonds. The lowest BCUT2D eigenvalue weighted by Crippen LogP contribution is -2.22. The molecule has 2 nitrogen and oxygen atoms in total. The second kappa shape index (κ2) is 9.64. The van der Waals surface area contributed by atoms with Gasteiger partial charge < -0.3 is 9.80 Å². The molecule has 0 fully saturated rings. The molecule has 0 saturated heterocycles. The first-order chi connectivity index (χ1) is 20.7. The highest BCUT2D eigenvalue weighted by Gasteiger charge is 2.35. The summed E-state index contributed by atoms with van der Waals surface area (Å²) in [7, 11) is 0. The first kappa shape index (κ1) is 24.5. The average Bonchev–Trinajstić information content (AvgIpc) is 3.03. The van der Waals surface area contributed by atoms with Crippen molar-refractivity contribution in [1.29, 1.82) is 0 Å². The maximum absolute atomic E-state index is 2.41. The van der Waals surface area contributed by atoms with Gasteiger partial charge in [0, 0.05) is 44.8 Å². The summed E-state index contributed by atoms with van der Waals surface area (Å²) in [6.07, 6.45) is 0. The molecule has 6 aromatic rings. The number of hydrogen-bond donors (Lipinski definition) is 0. The molecule has 42 heavy (non-hydrogen) atoms. The number of fused-ring (bicyclic) bond motifs is 4. The Kier molecular flexibility index (Phi) is 5.61. The Labute approximate surface area is 247 Å². The van der Waals surface area contributed by atoms with Gasteiger partial charge in [-0.2, -0.15) is 0 Å². The van der Waals surface area contributed by atoms with Crippen molar-refractivity contribution in [2.45, 2.75) is 13.8 Å². The Balaban J connectivity index is 1.52. The Morgan fingerprint density at radius 1 is 0.333 bits per heavy atom. The van der Waals surface area contributed by atoms with Crippen LogP contribution in [-0.4, -0.2) is 0 Å². The van der Waals surface area contributed by atoms with E-state index in [4.69, 9.17) is 0 Å². The zero-order valence-electron chi connectivity index (χ0n) is 23.8. The van der Waals surface area contributed by atoms with E-state index in [-0.39, 0.29) is 0 Å². The molecule has 200 valence electrons. The molecule has 2 aliphatic heterocycles. The van der Waals surface area contributed by atoms with Crippen LogP contribution in [0.15, 0.2) is 146 Å². The number of rotatable bonds is 2. The highest BCUT2D eigenvalue weighted by atomic mass is 15.2. The molecule has 0 bridgehead atoms. The van der Waals surface area contributed by atoms with Crippen LogP contribution in [0.3, 0.4) is 0 Å². The van der Waals surface area contributed by atoms with E-state index in [9.17, 15) is 0 Å². The number of nitrogens with zero attached hydrogens (tertiary/aromatic N) is 2. The number of anilines is 6. The Morgan fingerprint density at radius 2 is 0.690 bits per heavy atom. The molecule has 6 aromatic carbocycles. The maximum Gasteiger partial charge on any atom is 0.0540 e. The number of benzene rings is 6. The van der Waals surface area contributed by atoms with Crippen molar-refractivity contribution < 1.29 is 0 Å². The van der Waals surface area contributed by atoms with Crippen LogP contribution < -0.4 is 9.80 Å². The third-order valence-electron chi connectivity index (χ3n) is 8.43. The number of para-hydroxylation sites is 4. The molecular weight excluding hydrogens is 508 g/mol. The summed E-state index contributed by atoms with van der Waals surface area (Å²) in [5.41, 5.74) is 17.2. The normalized spacial score (nSPS) is 15.0. The van der Waals surface area contributed by atoms with Gasteiger partial charge in [-0.1, -0.05) is 96.1 Å². The lowest BCUT2D eigenvalue weighted by Gasteiger charge is -2.39. The standard InChI is InChI=1S/C40H30N2/c1-27-21-23-37-33(25-27)39(31-17-9-11-19-35(31)41(37)29-13-5-3-6-14-29)40-32-18-10-12-20-36(32)42(30-15-7-4-8-16-30)38-24-22-28(2)26-34(38)40/h3-26H,1-2H3/b40-39+. The second-order valence-corrected chi connectivity index (χ2v) is 11.2. The van der Waals surface area contributed by atoms with Crippen LogP contribution in [0.2, 0.25) is 0 Å². The summed E-state index contributed by atoms with van der Waals surface area (Å²) >= 11 is 0. The van der Waals surface area contributed by atoms with Gasteiger partial charge in [0.2, 0.25) is 0 Å². The molecule has 0 unspecified atom stereocenters. The van der Waals surface area contributed by atoms with Gasteiger partial charge in [-0.25, -0.2) is 0 Å². The van der Waals surface area contributed by atoms with Gasteiger partial charge in [0.05, 0.1) is 22.7 Å². The van der Waals surface area contributed by atoms with Crippen LogP contribution in [0.5, 0.6) is 0 Å². The molecule has 0 N–H and O–H groups in total. The summed E-state index contributed by atoms with van der Waals surface area (Å²) in [6.45, 7) is 4.39. The quantitative estimate of drug-likeness (QED) is 0.216. The summed E-state index contributed by atoms with van der Waals surface area (Å²) in [5, 5.41) is 0. The minimum Gasteiger partial charge on any atom is -0.309 e. The zero-order valence-corrected chi connectivity index (χ0v) is 23.8. The van der Waals surface area contributed by atoms with Crippen molar-refractivity contribution in [3.63, 3.8) is 0 Å². The molecular formula is C40H30N2. The second-order valence-electron chi connectivity index (χ2n) is 11.2. The minimum atomic E-state index is 1.16. The van der Waals surface area contributed by atoms with E-state index in [1.807, 2.05) is 0 Å². The van der Waals surface area contributed by atoms with E-state index < -0.39 is 0 Å².